The molecule has 0 aliphatic carbocycles. The summed E-state index contributed by atoms with van der Waals surface area (Å²) in [7, 11) is 2.11. The Morgan fingerprint density at radius 1 is 1.35 bits per heavy atom. The predicted molar refractivity (Wildman–Crippen MR) is 85.2 cm³/mol. The number of aromatic nitrogens is 2. The van der Waals surface area contributed by atoms with Gasteiger partial charge in [0.05, 0.1) is 23.4 Å². The van der Waals surface area contributed by atoms with Crippen LogP contribution >= 0.6 is 11.3 Å². The van der Waals surface area contributed by atoms with Crippen LogP contribution in [0, 0.1) is 6.92 Å². The van der Waals surface area contributed by atoms with E-state index in [0.29, 0.717) is 0 Å². The molecule has 2 aromatic rings. The minimum atomic E-state index is 0.828. The summed E-state index contributed by atoms with van der Waals surface area (Å²) in [6, 6.07) is 4.21. The Bertz CT molecular complexity index is 538. The SMILES string of the molecule is CCCNCc1cc(N(C)Cc2scnc2C)ccn1. The zero-order valence-electron chi connectivity index (χ0n) is 12.4. The van der Waals surface area contributed by atoms with Gasteiger partial charge >= 0.3 is 0 Å². The molecule has 2 rings (SSSR count). The van der Waals surface area contributed by atoms with Crippen molar-refractivity contribution in [2.75, 3.05) is 18.5 Å². The van der Waals surface area contributed by atoms with E-state index in [1.807, 2.05) is 11.7 Å². The van der Waals surface area contributed by atoms with E-state index in [1.165, 1.54) is 10.6 Å². The number of pyridine rings is 1. The maximum atomic E-state index is 4.41. The van der Waals surface area contributed by atoms with E-state index < -0.39 is 0 Å². The van der Waals surface area contributed by atoms with Crippen LogP contribution < -0.4 is 10.2 Å². The number of thiazole rings is 1. The molecule has 0 aromatic carbocycles. The van der Waals surface area contributed by atoms with Gasteiger partial charge in [0.2, 0.25) is 0 Å². The maximum Gasteiger partial charge on any atom is 0.0798 e. The van der Waals surface area contributed by atoms with Crippen molar-refractivity contribution in [2.24, 2.45) is 0 Å². The number of nitrogens with zero attached hydrogens (tertiary/aromatic N) is 3. The zero-order chi connectivity index (χ0) is 14.4. The summed E-state index contributed by atoms with van der Waals surface area (Å²) in [5, 5.41) is 3.38. The van der Waals surface area contributed by atoms with Gasteiger partial charge < -0.3 is 10.2 Å². The minimum Gasteiger partial charge on any atom is -0.369 e. The first-order valence-corrected chi connectivity index (χ1v) is 7.84. The normalized spacial score (nSPS) is 10.8. The van der Waals surface area contributed by atoms with Gasteiger partial charge in [-0.25, -0.2) is 4.98 Å². The highest BCUT2D eigenvalue weighted by molar-refractivity contribution is 7.09. The van der Waals surface area contributed by atoms with Crippen LogP contribution in [0.2, 0.25) is 0 Å². The first-order valence-electron chi connectivity index (χ1n) is 6.96. The molecule has 20 heavy (non-hydrogen) atoms. The fraction of sp³-hybridized carbons (Fsp3) is 0.467. The first-order chi connectivity index (χ1) is 9.70. The minimum absolute atomic E-state index is 0.828. The van der Waals surface area contributed by atoms with Crippen LogP contribution in [0.3, 0.4) is 0 Å². The molecule has 0 spiro atoms. The van der Waals surface area contributed by atoms with Gasteiger partial charge in [-0.05, 0) is 32.0 Å². The molecule has 1 N–H and O–H groups in total. The molecule has 0 atom stereocenters. The third-order valence-corrected chi connectivity index (χ3v) is 4.12. The number of rotatable bonds is 7. The number of nitrogens with one attached hydrogen (secondary N) is 1. The van der Waals surface area contributed by atoms with E-state index in [0.717, 1.165) is 37.4 Å². The lowest BCUT2D eigenvalue weighted by Crippen LogP contribution is -2.18. The van der Waals surface area contributed by atoms with Crippen molar-refractivity contribution in [1.29, 1.82) is 0 Å². The summed E-state index contributed by atoms with van der Waals surface area (Å²) in [6.45, 7) is 6.98. The van der Waals surface area contributed by atoms with Crippen molar-refractivity contribution < 1.29 is 0 Å². The van der Waals surface area contributed by atoms with E-state index in [9.17, 15) is 0 Å². The summed E-state index contributed by atoms with van der Waals surface area (Å²) in [6.07, 6.45) is 3.03. The molecule has 0 saturated heterocycles. The number of aryl methyl sites for hydroxylation is 1. The average molecular weight is 290 g/mol. The third-order valence-electron chi connectivity index (χ3n) is 3.20. The molecule has 5 heteroatoms. The molecule has 0 radical (unpaired) electrons. The molecule has 0 aliphatic rings. The Hall–Kier alpha value is -1.46. The highest BCUT2D eigenvalue weighted by Crippen LogP contribution is 2.19. The summed E-state index contributed by atoms with van der Waals surface area (Å²) >= 11 is 1.71. The van der Waals surface area contributed by atoms with Gasteiger partial charge in [0, 0.05) is 30.4 Å². The fourth-order valence-electron chi connectivity index (χ4n) is 1.98. The Balaban J connectivity index is 2.00. The van der Waals surface area contributed by atoms with Crippen molar-refractivity contribution in [1.82, 2.24) is 15.3 Å². The monoisotopic (exact) mass is 290 g/mol. The molecule has 0 aliphatic heterocycles. The molecule has 0 saturated carbocycles. The van der Waals surface area contributed by atoms with E-state index in [4.69, 9.17) is 0 Å². The Morgan fingerprint density at radius 3 is 2.90 bits per heavy atom. The van der Waals surface area contributed by atoms with Crippen molar-refractivity contribution in [2.45, 2.75) is 33.4 Å². The van der Waals surface area contributed by atoms with Crippen LogP contribution in [0.1, 0.15) is 29.6 Å². The van der Waals surface area contributed by atoms with E-state index in [-0.39, 0.29) is 0 Å². The molecular weight excluding hydrogens is 268 g/mol. The average Bonchev–Trinajstić information content (AvgIpc) is 2.85. The summed E-state index contributed by atoms with van der Waals surface area (Å²) < 4.78 is 0. The van der Waals surface area contributed by atoms with Gasteiger partial charge in [0.25, 0.3) is 0 Å². The van der Waals surface area contributed by atoms with E-state index >= 15 is 0 Å². The lowest BCUT2D eigenvalue weighted by Gasteiger charge is -2.19. The molecule has 2 heterocycles. The smallest absolute Gasteiger partial charge is 0.0798 e. The maximum absolute atomic E-state index is 4.41. The van der Waals surface area contributed by atoms with Crippen molar-refractivity contribution in [3.8, 4) is 0 Å². The number of hydrogen-bond acceptors (Lipinski definition) is 5. The second-order valence-corrected chi connectivity index (χ2v) is 5.84. The molecule has 2 aromatic heterocycles. The molecular formula is C15H22N4S. The van der Waals surface area contributed by atoms with Gasteiger partial charge in [-0.3, -0.25) is 4.98 Å². The van der Waals surface area contributed by atoms with Crippen molar-refractivity contribution in [3.63, 3.8) is 0 Å². The number of anilines is 1. The van der Waals surface area contributed by atoms with Gasteiger partial charge in [-0.2, -0.15) is 0 Å². The van der Waals surface area contributed by atoms with Crippen LogP contribution in [0.5, 0.6) is 0 Å². The third kappa shape index (κ3) is 4.02. The second-order valence-electron chi connectivity index (χ2n) is 4.90. The Morgan fingerprint density at radius 2 is 2.20 bits per heavy atom. The van der Waals surface area contributed by atoms with Crippen molar-refractivity contribution >= 4 is 17.0 Å². The van der Waals surface area contributed by atoms with Gasteiger partial charge in [-0.1, -0.05) is 6.92 Å². The zero-order valence-corrected chi connectivity index (χ0v) is 13.2. The molecule has 0 bridgehead atoms. The predicted octanol–water partition coefficient (Wildman–Crippen LogP) is 2.98. The largest absolute Gasteiger partial charge is 0.369 e. The summed E-state index contributed by atoms with van der Waals surface area (Å²) in [4.78, 5) is 12.3. The molecule has 0 amide bonds. The van der Waals surface area contributed by atoms with E-state index in [1.54, 1.807) is 11.3 Å². The highest BCUT2D eigenvalue weighted by atomic mass is 32.1. The van der Waals surface area contributed by atoms with Gasteiger partial charge in [0.1, 0.15) is 0 Å². The Labute approximate surface area is 124 Å². The molecule has 108 valence electrons. The van der Waals surface area contributed by atoms with Crippen LogP contribution in [-0.2, 0) is 13.1 Å². The Kier molecular flexibility index (Phi) is 5.49. The molecule has 0 unspecified atom stereocenters. The summed E-state index contributed by atoms with van der Waals surface area (Å²) in [5.41, 5.74) is 5.32. The van der Waals surface area contributed by atoms with Crippen LogP contribution in [0.4, 0.5) is 5.69 Å². The van der Waals surface area contributed by atoms with Gasteiger partial charge in [-0.15, -0.1) is 11.3 Å². The lowest BCUT2D eigenvalue weighted by molar-refractivity contribution is 0.664. The van der Waals surface area contributed by atoms with E-state index in [2.05, 4.69) is 53.2 Å². The second kappa shape index (κ2) is 7.36. The first kappa shape index (κ1) is 14.9. The topological polar surface area (TPSA) is 41.0 Å². The molecule has 4 nitrogen and oxygen atoms in total. The number of hydrogen-bond donors (Lipinski definition) is 1. The van der Waals surface area contributed by atoms with Crippen LogP contribution in [0.15, 0.2) is 23.8 Å². The van der Waals surface area contributed by atoms with Crippen molar-refractivity contribution in [3.05, 3.63) is 40.1 Å². The van der Waals surface area contributed by atoms with Crippen LogP contribution in [0.25, 0.3) is 0 Å². The summed E-state index contributed by atoms with van der Waals surface area (Å²) in [5.74, 6) is 0. The highest BCUT2D eigenvalue weighted by Gasteiger charge is 2.07. The molecule has 0 fully saturated rings. The lowest BCUT2D eigenvalue weighted by atomic mass is 10.2. The van der Waals surface area contributed by atoms with Gasteiger partial charge in [0.15, 0.2) is 0 Å². The van der Waals surface area contributed by atoms with Crippen LogP contribution in [-0.4, -0.2) is 23.6 Å². The standard InChI is InChI=1S/C15H22N4S/c1-4-6-16-9-13-8-14(5-7-17-13)19(3)10-15-12(2)18-11-20-15/h5,7-8,11,16H,4,6,9-10H2,1-3H3. The quantitative estimate of drug-likeness (QED) is 0.796. The fourth-order valence-corrected chi connectivity index (χ4v) is 2.81.